The highest BCUT2D eigenvalue weighted by Crippen LogP contribution is 2.16. The summed E-state index contributed by atoms with van der Waals surface area (Å²) in [5.74, 6) is -0.557. The van der Waals surface area contributed by atoms with Crippen LogP contribution in [0, 0.1) is 10.1 Å². The average molecular weight is 263 g/mol. The first kappa shape index (κ1) is 13.0. The van der Waals surface area contributed by atoms with Crippen molar-refractivity contribution in [3.05, 3.63) is 40.3 Å². The van der Waals surface area contributed by atoms with Crippen molar-refractivity contribution in [2.45, 2.75) is 26.4 Å². The molecule has 0 fully saturated rings. The summed E-state index contributed by atoms with van der Waals surface area (Å²) >= 11 is 0. The highest BCUT2D eigenvalue weighted by molar-refractivity contribution is 5.88. The van der Waals surface area contributed by atoms with Gasteiger partial charge < -0.3 is 4.74 Å². The lowest BCUT2D eigenvalue weighted by Crippen LogP contribution is -2.24. The van der Waals surface area contributed by atoms with Crippen LogP contribution in [0.3, 0.4) is 0 Å². The van der Waals surface area contributed by atoms with Crippen molar-refractivity contribution in [3.8, 4) is 0 Å². The van der Waals surface area contributed by atoms with Crippen molar-refractivity contribution in [2.75, 3.05) is 0 Å². The number of nitrogens with zero attached hydrogens (tertiary/aromatic N) is 3. The van der Waals surface area contributed by atoms with E-state index in [2.05, 4.69) is 4.98 Å². The Morgan fingerprint density at radius 1 is 1.37 bits per heavy atom. The van der Waals surface area contributed by atoms with E-state index in [9.17, 15) is 14.9 Å². The van der Waals surface area contributed by atoms with Gasteiger partial charge in [0.25, 0.3) is 5.69 Å². The normalized spacial score (nSPS) is 11.5. The molecule has 19 heavy (non-hydrogen) atoms. The molecule has 100 valence electrons. The molecule has 2 aromatic rings. The summed E-state index contributed by atoms with van der Waals surface area (Å²) in [6.07, 6.45) is 2.71. The Hall–Kier alpha value is -2.44. The number of pyridine rings is 1. The van der Waals surface area contributed by atoms with E-state index in [-0.39, 0.29) is 11.4 Å². The van der Waals surface area contributed by atoms with E-state index in [0.717, 1.165) is 0 Å². The molecule has 2 heterocycles. The summed E-state index contributed by atoms with van der Waals surface area (Å²) in [4.78, 5) is 26.0. The quantitative estimate of drug-likeness (QED) is 0.471. The molecule has 0 aliphatic rings. The maximum absolute atomic E-state index is 11.8. The second-order valence-electron chi connectivity index (χ2n) is 5.04. The molecular weight excluding hydrogens is 250 g/mol. The Morgan fingerprint density at radius 3 is 2.63 bits per heavy atom. The first-order valence-electron chi connectivity index (χ1n) is 5.63. The number of carbonyl (C=O) groups is 1. The van der Waals surface area contributed by atoms with Crippen LogP contribution in [-0.4, -0.2) is 25.9 Å². The minimum atomic E-state index is -0.612. The number of nitro groups is 1. The van der Waals surface area contributed by atoms with Crippen LogP contribution >= 0.6 is 0 Å². The molecule has 0 radical (unpaired) electrons. The van der Waals surface area contributed by atoms with Crippen LogP contribution in [0.4, 0.5) is 5.69 Å². The number of carbonyl (C=O) groups excluding carboxylic acids is 1. The molecule has 0 aromatic carbocycles. The van der Waals surface area contributed by atoms with Crippen LogP contribution in [0.2, 0.25) is 0 Å². The molecule has 0 saturated heterocycles. The fraction of sp³-hybridized carbons (Fsp3) is 0.333. The van der Waals surface area contributed by atoms with E-state index >= 15 is 0 Å². The summed E-state index contributed by atoms with van der Waals surface area (Å²) in [6.45, 7) is 5.27. The van der Waals surface area contributed by atoms with Gasteiger partial charge in [-0.3, -0.25) is 14.5 Å². The Balaban J connectivity index is 2.36. The van der Waals surface area contributed by atoms with Gasteiger partial charge in [-0.05, 0) is 26.8 Å². The van der Waals surface area contributed by atoms with Crippen LogP contribution in [0.1, 0.15) is 31.3 Å². The minimum Gasteiger partial charge on any atom is -0.455 e. The summed E-state index contributed by atoms with van der Waals surface area (Å²) in [6, 6.07) is 2.81. The highest BCUT2D eigenvalue weighted by atomic mass is 16.6. The fourth-order valence-corrected chi connectivity index (χ4v) is 1.52. The summed E-state index contributed by atoms with van der Waals surface area (Å²) in [5, 5.41) is 10.7. The van der Waals surface area contributed by atoms with Gasteiger partial charge in [0.15, 0.2) is 5.69 Å². The third-order valence-electron chi connectivity index (χ3n) is 2.25. The number of fused-ring (bicyclic) bond motifs is 1. The van der Waals surface area contributed by atoms with Crippen LogP contribution in [-0.2, 0) is 4.74 Å². The standard InChI is InChI=1S/C12H13N3O4/c1-12(2,3)19-11(16)9-7-14-6-8(15(17)18)4-5-10(14)13-9/h4-7H,1-3H3. The maximum atomic E-state index is 11.8. The smallest absolute Gasteiger partial charge is 0.359 e. The first-order valence-corrected chi connectivity index (χ1v) is 5.63. The van der Waals surface area contributed by atoms with E-state index in [1.807, 2.05) is 0 Å². The van der Waals surface area contributed by atoms with Gasteiger partial charge in [-0.2, -0.15) is 0 Å². The van der Waals surface area contributed by atoms with Crippen molar-refractivity contribution < 1.29 is 14.5 Å². The largest absolute Gasteiger partial charge is 0.455 e. The summed E-state index contributed by atoms with van der Waals surface area (Å²) < 4.78 is 6.61. The molecule has 0 aliphatic heterocycles. The number of imidazole rings is 1. The number of aromatic nitrogens is 2. The molecule has 2 rings (SSSR count). The van der Waals surface area contributed by atoms with Gasteiger partial charge in [0.2, 0.25) is 0 Å². The van der Waals surface area contributed by atoms with Crippen LogP contribution in [0.15, 0.2) is 24.5 Å². The third kappa shape index (κ3) is 2.87. The Bertz CT molecular complexity index is 655. The van der Waals surface area contributed by atoms with Crippen molar-refractivity contribution in [1.82, 2.24) is 9.38 Å². The monoisotopic (exact) mass is 263 g/mol. The van der Waals surface area contributed by atoms with Crippen molar-refractivity contribution in [1.29, 1.82) is 0 Å². The van der Waals surface area contributed by atoms with Crippen LogP contribution < -0.4 is 0 Å². The average Bonchev–Trinajstić information content (AvgIpc) is 2.68. The first-order chi connectivity index (χ1) is 8.76. The zero-order chi connectivity index (χ0) is 14.2. The van der Waals surface area contributed by atoms with E-state index in [1.54, 1.807) is 20.8 Å². The number of hydrogen-bond donors (Lipinski definition) is 0. The van der Waals surface area contributed by atoms with Crippen molar-refractivity contribution >= 4 is 17.3 Å². The lowest BCUT2D eigenvalue weighted by molar-refractivity contribution is -0.385. The molecule has 0 spiro atoms. The Labute approximate surface area is 109 Å². The molecule has 0 N–H and O–H groups in total. The summed E-state index contributed by atoms with van der Waals surface area (Å²) in [5.41, 5.74) is -0.110. The van der Waals surface area contributed by atoms with Crippen LogP contribution in [0.25, 0.3) is 5.65 Å². The second-order valence-corrected chi connectivity index (χ2v) is 5.04. The molecule has 7 heteroatoms. The van der Waals surface area contributed by atoms with Crippen molar-refractivity contribution in [3.63, 3.8) is 0 Å². The molecule has 7 nitrogen and oxygen atoms in total. The Morgan fingerprint density at radius 2 is 2.05 bits per heavy atom. The lowest BCUT2D eigenvalue weighted by atomic mass is 10.2. The molecule has 0 saturated carbocycles. The number of hydrogen-bond acceptors (Lipinski definition) is 5. The molecule has 0 aliphatic carbocycles. The SMILES string of the molecule is CC(C)(C)OC(=O)c1cn2cc([N+](=O)[O-])ccc2n1. The highest BCUT2D eigenvalue weighted by Gasteiger charge is 2.20. The zero-order valence-corrected chi connectivity index (χ0v) is 10.8. The predicted molar refractivity (Wildman–Crippen MR) is 67.0 cm³/mol. The van der Waals surface area contributed by atoms with E-state index in [4.69, 9.17) is 4.74 Å². The topological polar surface area (TPSA) is 86.7 Å². The van der Waals surface area contributed by atoms with E-state index in [0.29, 0.717) is 5.65 Å². The molecule has 0 bridgehead atoms. The second kappa shape index (κ2) is 4.34. The predicted octanol–water partition coefficient (Wildman–Crippen LogP) is 2.20. The van der Waals surface area contributed by atoms with Gasteiger partial charge in [-0.1, -0.05) is 0 Å². The van der Waals surface area contributed by atoms with Crippen LogP contribution in [0.5, 0.6) is 0 Å². The Kier molecular flexibility index (Phi) is 2.97. The molecule has 0 unspecified atom stereocenters. The fourth-order valence-electron chi connectivity index (χ4n) is 1.52. The van der Waals surface area contributed by atoms with Gasteiger partial charge in [0.1, 0.15) is 11.2 Å². The maximum Gasteiger partial charge on any atom is 0.359 e. The molecule has 2 aromatic heterocycles. The number of rotatable bonds is 2. The molecule has 0 atom stereocenters. The van der Waals surface area contributed by atoms with E-state index < -0.39 is 16.5 Å². The molecular formula is C12H13N3O4. The minimum absolute atomic E-state index is 0.0689. The van der Waals surface area contributed by atoms with Gasteiger partial charge in [-0.25, -0.2) is 9.78 Å². The number of esters is 1. The lowest BCUT2D eigenvalue weighted by Gasteiger charge is -2.18. The zero-order valence-electron chi connectivity index (χ0n) is 10.8. The molecule has 0 amide bonds. The third-order valence-corrected chi connectivity index (χ3v) is 2.25. The van der Waals surface area contributed by atoms with Gasteiger partial charge in [-0.15, -0.1) is 0 Å². The van der Waals surface area contributed by atoms with E-state index in [1.165, 1.54) is 28.9 Å². The van der Waals surface area contributed by atoms with Gasteiger partial charge in [0, 0.05) is 12.3 Å². The van der Waals surface area contributed by atoms with Gasteiger partial charge in [0.05, 0.1) is 11.1 Å². The number of ether oxygens (including phenoxy) is 1. The van der Waals surface area contributed by atoms with Gasteiger partial charge >= 0.3 is 5.97 Å². The van der Waals surface area contributed by atoms with Crippen molar-refractivity contribution in [2.24, 2.45) is 0 Å². The summed E-state index contributed by atoms with van der Waals surface area (Å²) in [7, 11) is 0.